The summed E-state index contributed by atoms with van der Waals surface area (Å²) < 4.78 is 0. The molecule has 8 atom stereocenters. The normalized spacial score (nSPS) is 42.6. The maximum Gasteiger partial charge on any atom is 0.322 e. The number of nitrogens with one attached hydrogen (secondary N) is 1. The van der Waals surface area contributed by atoms with Crippen molar-refractivity contribution in [2.75, 3.05) is 6.54 Å². The Morgan fingerprint density at radius 2 is 1.94 bits per heavy atom. The van der Waals surface area contributed by atoms with Crippen molar-refractivity contribution in [1.29, 1.82) is 0 Å². The van der Waals surface area contributed by atoms with Crippen molar-refractivity contribution in [2.45, 2.75) is 91.1 Å². The number of carboxylic acids is 1. The number of hydrogen-bond acceptors (Lipinski definition) is 3. The van der Waals surface area contributed by atoms with E-state index in [9.17, 15) is 14.7 Å². The molecule has 0 aliphatic heterocycles. The Morgan fingerprint density at radius 3 is 2.68 bits per heavy atom. The summed E-state index contributed by atoms with van der Waals surface area (Å²) in [6, 6.07) is 0. The van der Waals surface area contributed by atoms with E-state index in [4.69, 9.17) is 5.11 Å². The number of aliphatic hydroxyl groups is 1. The van der Waals surface area contributed by atoms with Crippen LogP contribution in [-0.4, -0.2) is 34.7 Å². The fraction of sp³-hybridized carbons (Fsp3) is 0.846. The molecule has 4 aliphatic carbocycles. The Labute approximate surface area is 187 Å². The molecule has 4 unspecified atom stereocenters. The van der Waals surface area contributed by atoms with Crippen molar-refractivity contribution in [1.82, 2.24) is 5.32 Å². The molecule has 31 heavy (non-hydrogen) atoms. The van der Waals surface area contributed by atoms with Crippen molar-refractivity contribution < 1.29 is 19.8 Å². The number of hydrogen-bond donors (Lipinski definition) is 3. The Hall–Kier alpha value is -1.36. The molecule has 0 radical (unpaired) electrons. The molecule has 5 nitrogen and oxygen atoms in total. The van der Waals surface area contributed by atoms with Gasteiger partial charge in [-0.1, -0.05) is 32.4 Å². The molecule has 0 bridgehead atoms. The first kappa shape index (κ1) is 22.8. The second kappa shape index (κ2) is 8.53. The van der Waals surface area contributed by atoms with Gasteiger partial charge in [-0.15, -0.1) is 0 Å². The predicted molar refractivity (Wildman–Crippen MR) is 120 cm³/mol. The standard InChI is InChI=1S/C26H41NO4/c1-16(4-9-23(29)27-15-24(30)31)20-7-8-21-19-6-5-17-14-18(28)10-12-25(17,2)22(19)11-13-26(20,21)3/h5,16,18-22,28H,4,6-15H2,1-3H3,(H,27,29)(H,30,31)/t16-,18?,19?,20-,21?,22?,25+,26-/m1/s1. The van der Waals surface area contributed by atoms with Gasteiger partial charge in [0.25, 0.3) is 0 Å². The summed E-state index contributed by atoms with van der Waals surface area (Å²) in [5.41, 5.74) is 2.18. The SMILES string of the molecule is C[C@H](CCC(=O)NCC(=O)O)[C@H]1CCC2C3CC=C4CC(O)CC[C@]4(C)C3CC[C@@]21C. The van der Waals surface area contributed by atoms with Gasteiger partial charge in [-0.25, -0.2) is 0 Å². The molecule has 4 aliphatic rings. The minimum absolute atomic E-state index is 0.144. The highest BCUT2D eigenvalue weighted by molar-refractivity contribution is 5.81. The third-order valence-electron chi connectivity index (χ3n) is 10.1. The van der Waals surface area contributed by atoms with Crippen LogP contribution in [0, 0.1) is 40.4 Å². The maximum absolute atomic E-state index is 12.0. The van der Waals surface area contributed by atoms with E-state index in [1.54, 1.807) is 0 Å². The lowest BCUT2D eigenvalue weighted by molar-refractivity contribution is -0.138. The van der Waals surface area contributed by atoms with Crippen LogP contribution in [0.25, 0.3) is 0 Å². The third kappa shape index (κ3) is 4.07. The molecule has 0 saturated heterocycles. The number of allylic oxidation sites excluding steroid dienone is 1. The number of carbonyl (C=O) groups is 2. The van der Waals surface area contributed by atoms with Gasteiger partial charge in [0.15, 0.2) is 0 Å². The summed E-state index contributed by atoms with van der Waals surface area (Å²) in [7, 11) is 0. The molecule has 4 rings (SSSR count). The summed E-state index contributed by atoms with van der Waals surface area (Å²) in [6.07, 6.45) is 12.9. The smallest absolute Gasteiger partial charge is 0.322 e. The zero-order chi connectivity index (χ0) is 22.4. The highest BCUT2D eigenvalue weighted by Crippen LogP contribution is 2.67. The van der Waals surface area contributed by atoms with Gasteiger partial charge in [0.2, 0.25) is 5.91 Å². The molecular weight excluding hydrogens is 390 g/mol. The average Bonchev–Trinajstić information content (AvgIpc) is 3.08. The van der Waals surface area contributed by atoms with Crippen LogP contribution < -0.4 is 5.32 Å². The Kier molecular flexibility index (Phi) is 6.28. The summed E-state index contributed by atoms with van der Waals surface area (Å²) in [5, 5.41) is 21.4. The number of carbonyl (C=O) groups excluding carboxylic acids is 1. The molecule has 0 spiro atoms. The Morgan fingerprint density at radius 1 is 1.16 bits per heavy atom. The number of aliphatic hydroxyl groups excluding tert-OH is 1. The quantitative estimate of drug-likeness (QED) is 0.539. The zero-order valence-electron chi connectivity index (χ0n) is 19.5. The highest BCUT2D eigenvalue weighted by Gasteiger charge is 2.59. The largest absolute Gasteiger partial charge is 0.480 e. The van der Waals surface area contributed by atoms with E-state index < -0.39 is 5.97 Å². The first-order valence-electron chi connectivity index (χ1n) is 12.5. The fourth-order valence-electron chi connectivity index (χ4n) is 8.44. The summed E-state index contributed by atoms with van der Waals surface area (Å²) in [6.45, 7) is 7.02. The van der Waals surface area contributed by atoms with Crippen molar-refractivity contribution in [3.05, 3.63) is 11.6 Å². The molecular formula is C26H41NO4. The number of fused-ring (bicyclic) bond motifs is 5. The molecule has 0 aromatic heterocycles. The van der Waals surface area contributed by atoms with Gasteiger partial charge in [0.1, 0.15) is 6.54 Å². The first-order chi connectivity index (χ1) is 14.6. The zero-order valence-corrected chi connectivity index (χ0v) is 19.5. The number of carboxylic acid groups (broad SMARTS) is 1. The lowest BCUT2D eigenvalue weighted by Gasteiger charge is -2.58. The molecule has 3 fully saturated rings. The van der Waals surface area contributed by atoms with Crippen molar-refractivity contribution in [3.8, 4) is 0 Å². The van der Waals surface area contributed by atoms with Crippen LogP contribution in [-0.2, 0) is 9.59 Å². The monoisotopic (exact) mass is 431 g/mol. The molecule has 0 aromatic rings. The second-order valence-corrected chi connectivity index (χ2v) is 11.6. The van der Waals surface area contributed by atoms with Crippen LogP contribution in [0.4, 0.5) is 0 Å². The van der Waals surface area contributed by atoms with Gasteiger partial charge < -0.3 is 15.5 Å². The van der Waals surface area contributed by atoms with E-state index in [1.165, 1.54) is 37.7 Å². The molecule has 0 aromatic carbocycles. The van der Waals surface area contributed by atoms with Crippen molar-refractivity contribution in [3.63, 3.8) is 0 Å². The highest BCUT2D eigenvalue weighted by atomic mass is 16.4. The lowest BCUT2D eigenvalue weighted by Crippen LogP contribution is -2.50. The minimum atomic E-state index is -0.991. The van der Waals surface area contributed by atoms with Gasteiger partial charge in [-0.2, -0.15) is 0 Å². The Balaban J connectivity index is 1.42. The molecule has 3 N–H and O–H groups in total. The van der Waals surface area contributed by atoms with Crippen LogP contribution in [0.5, 0.6) is 0 Å². The van der Waals surface area contributed by atoms with Crippen LogP contribution in [0.3, 0.4) is 0 Å². The second-order valence-electron chi connectivity index (χ2n) is 11.6. The van der Waals surface area contributed by atoms with Gasteiger partial charge >= 0.3 is 5.97 Å². The van der Waals surface area contributed by atoms with E-state index in [-0.39, 0.29) is 24.0 Å². The molecule has 0 heterocycles. The van der Waals surface area contributed by atoms with E-state index >= 15 is 0 Å². The van der Waals surface area contributed by atoms with Gasteiger partial charge in [0, 0.05) is 6.42 Å². The van der Waals surface area contributed by atoms with E-state index in [2.05, 4.69) is 32.2 Å². The van der Waals surface area contributed by atoms with Crippen molar-refractivity contribution >= 4 is 11.9 Å². The fourth-order valence-corrected chi connectivity index (χ4v) is 8.44. The molecule has 1 amide bonds. The maximum atomic E-state index is 12.0. The lowest BCUT2D eigenvalue weighted by atomic mass is 9.47. The van der Waals surface area contributed by atoms with Crippen LogP contribution in [0.2, 0.25) is 0 Å². The first-order valence-corrected chi connectivity index (χ1v) is 12.5. The minimum Gasteiger partial charge on any atom is -0.480 e. The number of amides is 1. The van der Waals surface area contributed by atoms with Crippen molar-refractivity contribution in [2.24, 2.45) is 40.4 Å². The molecule has 5 heteroatoms. The van der Waals surface area contributed by atoms with E-state index in [0.717, 1.165) is 43.4 Å². The Bertz CT molecular complexity index is 748. The van der Waals surface area contributed by atoms with Gasteiger partial charge in [-0.05, 0) is 98.2 Å². The summed E-state index contributed by atoms with van der Waals surface area (Å²) in [5.74, 6) is 2.29. The molecule has 174 valence electrons. The average molecular weight is 432 g/mol. The number of aliphatic carboxylic acids is 1. The summed E-state index contributed by atoms with van der Waals surface area (Å²) >= 11 is 0. The molecule has 3 saturated carbocycles. The third-order valence-corrected chi connectivity index (χ3v) is 10.1. The topological polar surface area (TPSA) is 86.6 Å². The summed E-state index contributed by atoms with van der Waals surface area (Å²) in [4.78, 5) is 22.7. The predicted octanol–water partition coefficient (Wildman–Crippen LogP) is 4.54. The number of rotatable bonds is 6. The van der Waals surface area contributed by atoms with E-state index in [0.29, 0.717) is 23.7 Å². The van der Waals surface area contributed by atoms with Gasteiger partial charge in [-0.3, -0.25) is 9.59 Å². The van der Waals surface area contributed by atoms with Gasteiger partial charge in [0.05, 0.1) is 6.10 Å². The van der Waals surface area contributed by atoms with E-state index in [1.807, 2.05) is 0 Å². The van der Waals surface area contributed by atoms with Crippen LogP contribution >= 0.6 is 0 Å². The van der Waals surface area contributed by atoms with Crippen LogP contribution in [0.1, 0.15) is 85.0 Å². The van der Waals surface area contributed by atoms with Crippen LogP contribution in [0.15, 0.2) is 11.6 Å².